The number of fused-ring (bicyclic) bond motifs is 2. The van der Waals surface area contributed by atoms with Crippen LogP contribution in [0.3, 0.4) is 0 Å². The van der Waals surface area contributed by atoms with Crippen LogP contribution in [0.5, 0.6) is 11.5 Å². The maximum Gasteiger partial charge on any atom is 0.251 e. The van der Waals surface area contributed by atoms with Gasteiger partial charge in [-0.1, -0.05) is 11.6 Å². The second-order valence-electron chi connectivity index (χ2n) is 13.4. The van der Waals surface area contributed by atoms with Crippen LogP contribution in [0, 0.1) is 17.6 Å². The van der Waals surface area contributed by atoms with E-state index in [2.05, 4.69) is 5.32 Å². The minimum atomic E-state index is -1.69. The first-order valence-corrected chi connectivity index (χ1v) is 16.2. The summed E-state index contributed by atoms with van der Waals surface area (Å²) in [7, 11) is 0. The first-order chi connectivity index (χ1) is 22.5. The van der Waals surface area contributed by atoms with Gasteiger partial charge in [-0.05, 0) is 81.7 Å². The number of carbonyl (C=O) groups excluding carboxylic acids is 2. The summed E-state index contributed by atoms with van der Waals surface area (Å²) < 4.78 is 42.6. The monoisotopic (exact) mass is 663 g/mol. The lowest BCUT2D eigenvalue weighted by Gasteiger charge is -2.30. The average Bonchev–Trinajstić information content (AvgIpc) is 3.93. The number of nitrogens with zero attached hydrogens (tertiary/aromatic N) is 3. The summed E-state index contributed by atoms with van der Waals surface area (Å²) in [5.41, 5.74) is 4.35. The van der Waals surface area contributed by atoms with Crippen molar-refractivity contribution in [2.45, 2.75) is 68.6 Å². The predicted molar refractivity (Wildman–Crippen MR) is 167 cm³/mol. The van der Waals surface area contributed by atoms with E-state index in [-0.39, 0.29) is 47.9 Å². The third kappa shape index (κ3) is 5.09. The van der Waals surface area contributed by atoms with Gasteiger partial charge in [0.25, 0.3) is 5.91 Å². The second kappa shape index (κ2) is 10.6. The molecule has 1 unspecified atom stereocenters. The number of amides is 2. The van der Waals surface area contributed by atoms with E-state index in [0.29, 0.717) is 41.3 Å². The molecule has 3 heterocycles. The van der Waals surface area contributed by atoms with Crippen LogP contribution in [0.2, 0.25) is 5.02 Å². The second-order valence-corrected chi connectivity index (χ2v) is 13.8. The van der Waals surface area contributed by atoms with Gasteiger partial charge in [0, 0.05) is 28.3 Å². The van der Waals surface area contributed by atoms with Gasteiger partial charge in [-0.25, -0.2) is 13.8 Å². The quantitative estimate of drug-likeness (QED) is 0.201. The zero-order valence-corrected chi connectivity index (χ0v) is 26.2. The zero-order valence-electron chi connectivity index (χ0n) is 25.5. The molecule has 47 heavy (non-hydrogen) atoms. The van der Waals surface area contributed by atoms with Gasteiger partial charge in [0.1, 0.15) is 40.3 Å². The molecule has 10 nitrogen and oxygen atoms in total. The van der Waals surface area contributed by atoms with Gasteiger partial charge >= 0.3 is 0 Å². The molecule has 8 rings (SSSR count). The van der Waals surface area contributed by atoms with E-state index in [1.807, 2.05) is 10.9 Å². The van der Waals surface area contributed by atoms with Gasteiger partial charge in [-0.2, -0.15) is 5.10 Å². The number of pyridine rings is 1. The Bertz CT molecular complexity index is 1990. The number of nitrogens with one attached hydrogen (secondary N) is 1. The molecule has 3 aliphatic carbocycles. The molecule has 0 bridgehead atoms. The summed E-state index contributed by atoms with van der Waals surface area (Å²) in [5.74, 6) is -3.12. The summed E-state index contributed by atoms with van der Waals surface area (Å²) in [6.45, 7) is 1.25. The highest BCUT2D eigenvalue weighted by Crippen LogP contribution is 2.51. The van der Waals surface area contributed by atoms with E-state index in [1.165, 1.54) is 6.07 Å². The van der Waals surface area contributed by atoms with Crippen molar-refractivity contribution < 1.29 is 33.0 Å². The van der Waals surface area contributed by atoms with Crippen LogP contribution < -0.4 is 20.5 Å². The van der Waals surface area contributed by atoms with E-state index in [4.69, 9.17) is 36.9 Å². The number of hydrogen-bond donors (Lipinski definition) is 3. The van der Waals surface area contributed by atoms with Gasteiger partial charge in [0.05, 0.1) is 29.4 Å². The minimum absolute atomic E-state index is 0.0165. The molecule has 2 aromatic heterocycles. The molecule has 2 amide bonds. The van der Waals surface area contributed by atoms with Gasteiger partial charge in [-0.15, -0.1) is 0 Å². The molecule has 4 N–H and O–H groups in total. The summed E-state index contributed by atoms with van der Waals surface area (Å²) in [4.78, 5) is 31.1. The van der Waals surface area contributed by atoms with Gasteiger partial charge in [0.15, 0.2) is 11.6 Å². The fraction of sp³-hybridized carbons (Fsp3) is 0.412. The SMILES string of the molecule is C[C@]1(C(N)=O)COc2c1cc(C(O)(CNC(=O)c1cc(OC3CC3)c3nn(C4CC4)cc3c1)C1CC1)nc2-c1ccc(F)c(F)c1Cl. The number of primary amides is 1. The Morgan fingerprint density at radius 1 is 1.19 bits per heavy atom. The summed E-state index contributed by atoms with van der Waals surface area (Å²) in [6.07, 6.45) is 7.35. The number of nitrogens with two attached hydrogens (primary N) is 1. The fourth-order valence-electron chi connectivity index (χ4n) is 6.26. The number of halogens is 3. The van der Waals surface area contributed by atoms with Gasteiger partial charge in [0.2, 0.25) is 5.91 Å². The van der Waals surface area contributed by atoms with Crippen LogP contribution in [-0.4, -0.2) is 50.9 Å². The number of carbonyl (C=O) groups is 2. The van der Waals surface area contributed by atoms with Crippen molar-refractivity contribution in [3.05, 3.63) is 70.0 Å². The van der Waals surface area contributed by atoms with Crippen molar-refractivity contribution in [2.75, 3.05) is 13.2 Å². The number of ether oxygens (including phenoxy) is 2. The lowest BCUT2D eigenvalue weighted by Crippen LogP contribution is -2.44. The smallest absolute Gasteiger partial charge is 0.251 e. The van der Waals surface area contributed by atoms with Crippen LogP contribution in [0.25, 0.3) is 22.2 Å². The molecule has 2 atom stereocenters. The van der Waals surface area contributed by atoms with Crippen molar-refractivity contribution in [2.24, 2.45) is 11.7 Å². The summed E-state index contributed by atoms with van der Waals surface area (Å²) in [6, 6.07) is 7.53. The number of aliphatic hydroxyl groups is 1. The average molecular weight is 664 g/mol. The van der Waals surface area contributed by atoms with E-state index in [0.717, 1.165) is 37.1 Å². The first-order valence-electron chi connectivity index (χ1n) is 15.8. The van der Waals surface area contributed by atoms with Crippen molar-refractivity contribution >= 4 is 34.3 Å². The molecule has 0 spiro atoms. The molecule has 13 heteroatoms. The topological polar surface area (TPSA) is 142 Å². The Hall–Kier alpha value is -4.29. The molecule has 3 saturated carbocycles. The molecule has 0 radical (unpaired) electrons. The van der Waals surface area contributed by atoms with E-state index in [1.54, 1.807) is 25.1 Å². The molecule has 3 fully saturated rings. The standard InChI is InChI=1S/C34H32ClF2N5O5/c1-33(32(38)44)15-46-30-22(33)12-25(40-29(30)21-8-9-23(36)27(37)26(21)35)34(45,18-2-3-18)14-39-31(43)16-10-17-13-42(19-4-5-19)41-28(17)24(11-16)47-20-6-7-20/h8-13,18-20,45H,2-7,14-15H2,1H3,(H2,38,44)(H,39,43)/t33-,34?/m0/s1. The van der Waals surface area contributed by atoms with Crippen molar-refractivity contribution in [1.29, 1.82) is 0 Å². The van der Waals surface area contributed by atoms with Crippen LogP contribution in [-0.2, 0) is 15.8 Å². The highest BCUT2D eigenvalue weighted by molar-refractivity contribution is 6.33. The molecule has 244 valence electrons. The first kappa shape index (κ1) is 30.1. The number of rotatable bonds is 10. The van der Waals surface area contributed by atoms with E-state index in [9.17, 15) is 23.5 Å². The minimum Gasteiger partial charge on any atom is -0.489 e. The van der Waals surface area contributed by atoms with Crippen LogP contribution in [0.1, 0.15) is 73.1 Å². The summed E-state index contributed by atoms with van der Waals surface area (Å²) in [5, 5.41) is 20.2. The Morgan fingerprint density at radius 2 is 1.96 bits per heavy atom. The Kier molecular flexibility index (Phi) is 6.79. The summed E-state index contributed by atoms with van der Waals surface area (Å²) >= 11 is 6.25. The number of hydrogen-bond acceptors (Lipinski definition) is 7. The van der Waals surface area contributed by atoms with E-state index >= 15 is 0 Å². The number of benzene rings is 2. The Balaban J connectivity index is 1.17. The maximum absolute atomic E-state index is 14.6. The molecular weight excluding hydrogens is 632 g/mol. The van der Waals surface area contributed by atoms with E-state index < -0.39 is 39.5 Å². The Labute approximate surface area is 273 Å². The normalized spacial score (nSPS) is 21.6. The third-order valence-electron chi connectivity index (χ3n) is 9.71. The van der Waals surface area contributed by atoms with Crippen molar-refractivity contribution in [1.82, 2.24) is 20.1 Å². The largest absolute Gasteiger partial charge is 0.489 e. The Morgan fingerprint density at radius 3 is 2.64 bits per heavy atom. The lowest BCUT2D eigenvalue weighted by atomic mass is 9.81. The molecule has 4 aliphatic rings. The van der Waals surface area contributed by atoms with Crippen LogP contribution in [0.4, 0.5) is 8.78 Å². The highest BCUT2D eigenvalue weighted by atomic mass is 35.5. The van der Waals surface area contributed by atoms with Crippen LogP contribution in [0.15, 0.2) is 36.5 Å². The molecule has 1 aliphatic heterocycles. The van der Waals surface area contributed by atoms with Gasteiger partial charge < -0.3 is 25.6 Å². The third-order valence-corrected chi connectivity index (χ3v) is 10.1. The molecular formula is C34H32ClF2N5O5. The van der Waals surface area contributed by atoms with Crippen molar-refractivity contribution in [3.63, 3.8) is 0 Å². The van der Waals surface area contributed by atoms with Crippen molar-refractivity contribution in [3.8, 4) is 22.8 Å². The maximum atomic E-state index is 14.6. The van der Waals surface area contributed by atoms with Crippen LogP contribution >= 0.6 is 11.6 Å². The van der Waals surface area contributed by atoms with Gasteiger partial charge in [-0.3, -0.25) is 14.3 Å². The molecule has 2 aromatic carbocycles. The molecule has 4 aromatic rings. The highest BCUT2D eigenvalue weighted by Gasteiger charge is 2.50. The zero-order chi connectivity index (χ0) is 32.8. The molecule has 0 saturated heterocycles. The fourth-order valence-corrected chi connectivity index (χ4v) is 6.50. The predicted octanol–water partition coefficient (Wildman–Crippen LogP) is 5.07. The number of aromatic nitrogens is 3. The lowest BCUT2D eigenvalue weighted by molar-refractivity contribution is -0.123.